The van der Waals surface area contributed by atoms with E-state index in [1.54, 1.807) is 0 Å². The molecule has 0 atom stereocenters. The highest BCUT2D eigenvalue weighted by molar-refractivity contribution is 6.61. The fraction of sp³-hybridized carbons (Fsp3) is 1.00. The van der Waals surface area contributed by atoms with Gasteiger partial charge in [0.25, 0.3) is 0 Å². The average Bonchev–Trinajstić information content (AvgIpc) is 2.08. The fourth-order valence-electron chi connectivity index (χ4n) is 2.21. The summed E-state index contributed by atoms with van der Waals surface area (Å²) in [6, 6.07) is 0.882. The summed E-state index contributed by atoms with van der Waals surface area (Å²) in [5.74, 6) is 0. The Morgan fingerprint density at radius 2 is 0.952 bits per heavy atom. The van der Waals surface area contributed by atoms with Crippen LogP contribution in [0.5, 0.6) is 0 Å². The smallest absolute Gasteiger partial charge is 0.368 e. The van der Waals surface area contributed by atoms with Gasteiger partial charge in [-0.15, -0.1) is 0 Å². The van der Waals surface area contributed by atoms with E-state index in [-0.39, 0.29) is 16.8 Å². The van der Waals surface area contributed by atoms with Gasteiger partial charge in [-0.05, 0) is 68.7 Å². The third-order valence-corrected chi connectivity index (χ3v) is 6.21. The third-order valence-electron chi connectivity index (χ3n) is 2.47. The van der Waals surface area contributed by atoms with Gasteiger partial charge < -0.3 is 13.3 Å². The van der Waals surface area contributed by atoms with Crippen LogP contribution in [0.15, 0.2) is 0 Å². The lowest BCUT2D eigenvalue weighted by Crippen LogP contribution is -2.57. The van der Waals surface area contributed by atoms with Crippen molar-refractivity contribution in [2.45, 2.75) is 111 Å². The first-order valence-electron chi connectivity index (χ1n) is 8.29. The van der Waals surface area contributed by atoms with Gasteiger partial charge >= 0.3 is 8.80 Å². The summed E-state index contributed by atoms with van der Waals surface area (Å²) in [6.45, 7) is 20.9. The lowest BCUT2D eigenvalue weighted by Gasteiger charge is -2.43. The standard InChI is InChI=1S/C17H38O3Si/c1-11-12-13-14-21(18-15(2,3)4,19-16(5,6)7)20-17(8,9)10/h11-14H2,1-10H3. The summed E-state index contributed by atoms with van der Waals surface area (Å²) in [6.07, 6.45) is 3.46. The largest absolute Gasteiger partial charge is 0.502 e. The molecule has 0 spiro atoms. The van der Waals surface area contributed by atoms with E-state index in [9.17, 15) is 0 Å². The van der Waals surface area contributed by atoms with Crippen molar-refractivity contribution in [1.29, 1.82) is 0 Å². The Labute approximate surface area is 134 Å². The van der Waals surface area contributed by atoms with E-state index in [0.717, 1.165) is 12.5 Å². The van der Waals surface area contributed by atoms with Crippen molar-refractivity contribution in [3.63, 3.8) is 0 Å². The second-order valence-electron chi connectivity index (χ2n) is 8.78. The summed E-state index contributed by atoms with van der Waals surface area (Å²) in [5.41, 5.74) is -0.807. The van der Waals surface area contributed by atoms with Gasteiger partial charge in [-0.2, -0.15) is 0 Å². The van der Waals surface area contributed by atoms with Gasteiger partial charge in [0.15, 0.2) is 0 Å². The van der Waals surface area contributed by atoms with E-state index in [1.165, 1.54) is 12.8 Å². The van der Waals surface area contributed by atoms with Crippen molar-refractivity contribution >= 4 is 8.80 Å². The molecular weight excluding hydrogens is 280 g/mol. The molecule has 0 unspecified atom stereocenters. The van der Waals surface area contributed by atoms with Crippen molar-refractivity contribution in [3.05, 3.63) is 0 Å². The van der Waals surface area contributed by atoms with Crippen LogP contribution in [0.2, 0.25) is 6.04 Å². The van der Waals surface area contributed by atoms with Crippen molar-refractivity contribution in [2.75, 3.05) is 0 Å². The molecule has 3 nitrogen and oxygen atoms in total. The van der Waals surface area contributed by atoms with Gasteiger partial charge in [0.1, 0.15) is 0 Å². The number of hydrogen-bond donors (Lipinski definition) is 0. The molecule has 0 aromatic carbocycles. The van der Waals surface area contributed by atoms with Crippen molar-refractivity contribution in [1.82, 2.24) is 0 Å². The Balaban J connectivity index is 5.36. The van der Waals surface area contributed by atoms with Crippen LogP contribution in [0.3, 0.4) is 0 Å². The maximum atomic E-state index is 6.42. The molecule has 0 fully saturated rings. The predicted molar refractivity (Wildman–Crippen MR) is 92.6 cm³/mol. The van der Waals surface area contributed by atoms with Crippen molar-refractivity contribution < 1.29 is 13.3 Å². The lowest BCUT2D eigenvalue weighted by molar-refractivity contribution is -0.0754. The minimum absolute atomic E-state index is 0.269. The van der Waals surface area contributed by atoms with Crippen LogP contribution >= 0.6 is 0 Å². The topological polar surface area (TPSA) is 27.7 Å². The van der Waals surface area contributed by atoms with Crippen LogP contribution in [-0.2, 0) is 13.3 Å². The van der Waals surface area contributed by atoms with E-state index < -0.39 is 8.80 Å². The molecule has 0 saturated heterocycles. The van der Waals surface area contributed by atoms with Gasteiger partial charge in [0, 0.05) is 6.04 Å². The van der Waals surface area contributed by atoms with E-state index in [0.29, 0.717) is 0 Å². The summed E-state index contributed by atoms with van der Waals surface area (Å²) < 4.78 is 19.3. The molecule has 0 bridgehead atoms. The molecule has 0 aliphatic rings. The van der Waals surface area contributed by atoms with Gasteiger partial charge in [-0.25, -0.2) is 0 Å². The molecule has 21 heavy (non-hydrogen) atoms. The summed E-state index contributed by atoms with van der Waals surface area (Å²) in [5, 5.41) is 0. The zero-order chi connectivity index (χ0) is 16.9. The van der Waals surface area contributed by atoms with Gasteiger partial charge in [-0.1, -0.05) is 19.8 Å². The fourth-order valence-corrected chi connectivity index (χ4v) is 6.12. The molecule has 0 amide bonds. The molecule has 0 aliphatic heterocycles. The molecular formula is C17H38O3Si. The third kappa shape index (κ3) is 11.3. The molecule has 4 heteroatoms. The number of rotatable bonds is 7. The Hall–Kier alpha value is 0.0969. The van der Waals surface area contributed by atoms with E-state index in [4.69, 9.17) is 13.3 Å². The normalized spacial score (nSPS) is 14.6. The zero-order valence-electron chi connectivity index (χ0n) is 16.1. The van der Waals surface area contributed by atoms with Gasteiger partial charge in [0.05, 0.1) is 16.8 Å². The highest BCUT2D eigenvalue weighted by Gasteiger charge is 2.49. The molecule has 0 aliphatic carbocycles. The SMILES string of the molecule is CCCCC[Si](OC(C)(C)C)(OC(C)(C)C)OC(C)(C)C. The van der Waals surface area contributed by atoms with Crippen LogP contribution in [0, 0.1) is 0 Å². The number of unbranched alkanes of at least 4 members (excludes halogenated alkanes) is 2. The van der Waals surface area contributed by atoms with E-state index >= 15 is 0 Å². The van der Waals surface area contributed by atoms with Crippen LogP contribution in [0.1, 0.15) is 88.5 Å². The second-order valence-corrected chi connectivity index (χ2v) is 11.3. The Bertz CT molecular complexity index is 254. The highest BCUT2D eigenvalue weighted by Crippen LogP contribution is 2.33. The van der Waals surface area contributed by atoms with E-state index in [1.807, 2.05) is 0 Å². The first kappa shape index (κ1) is 21.1. The van der Waals surface area contributed by atoms with Gasteiger partial charge in [0.2, 0.25) is 0 Å². The van der Waals surface area contributed by atoms with Crippen LogP contribution in [0.25, 0.3) is 0 Å². The minimum Gasteiger partial charge on any atom is -0.368 e. The summed E-state index contributed by atoms with van der Waals surface area (Å²) in [7, 11) is -2.74. The molecule has 0 saturated carbocycles. The molecule has 0 heterocycles. The Kier molecular flexibility index (Phi) is 7.61. The molecule has 128 valence electrons. The maximum absolute atomic E-state index is 6.42. The molecule has 0 radical (unpaired) electrons. The summed E-state index contributed by atoms with van der Waals surface area (Å²) in [4.78, 5) is 0. The minimum atomic E-state index is -2.74. The lowest BCUT2D eigenvalue weighted by atomic mass is 10.2. The number of hydrogen-bond acceptors (Lipinski definition) is 3. The predicted octanol–water partition coefficient (Wildman–Crippen LogP) is 5.56. The van der Waals surface area contributed by atoms with Crippen LogP contribution in [-0.4, -0.2) is 25.6 Å². The maximum Gasteiger partial charge on any atom is 0.502 e. The second kappa shape index (κ2) is 7.58. The molecule has 0 aromatic heterocycles. The molecule has 0 aromatic rings. The first-order valence-corrected chi connectivity index (χ1v) is 10.2. The van der Waals surface area contributed by atoms with Gasteiger partial charge in [-0.3, -0.25) is 0 Å². The Morgan fingerprint density at radius 1 is 0.619 bits per heavy atom. The monoisotopic (exact) mass is 318 g/mol. The van der Waals surface area contributed by atoms with Crippen LogP contribution < -0.4 is 0 Å². The van der Waals surface area contributed by atoms with Crippen molar-refractivity contribution in [3.8, 4) is 0 Å². The average molecular weight is 319 g/mol. The molecule has 0 N–H and O–H groups in total. The Morgan fingerprint density at radius 3 is 1.19 bits per heavy atom. The quantitative estimate of drug-likeness (QED) is 0.454. The van der Waals surface area contributed by atoms with Crippen molar-refractivity contribution in [2.24, 2.45) is 0 Å². The van der Waals surface area contributed by atoms with E-state index in [2.05, 4.69) is 69.2 Å². The molecule has 0 rings (SSSR count). The summed E-state index contributed by atoms with van der Waals surface area (Å²) >= 11 is 0. The highest BCUT2D eigenvalue weighted by atomic mass is 28.4. The van der Waals surface area contributed by atoms with Crippen LogP contribution in [0.4, 0.5) is 0 Å². The zero-order valence-corrected chi connectivity index (χ0v) is 17.1. The first-order chi connectivity index (χ1) is 9.18.